The molecule has 3 N–H and O–H groups in total. The molecule has 0 saturated carbocycles. The van der Waals surface area contributed by atoms with Gasteiger partial charge in [-0.15, -0.1) is 0 Å². The lowest BCUT2D eigenvalue weighted by molar-refractivity contribution is -0.152. The summed E-state index contributed by atoms with van der Waals surface area (Å²) in [6.45, 7) is 3.37. The minimum atomic E-state index is -1.02. The molecule has 0 amide bonds. The van der Waals surface area contributed by atoms with Crippen LogP contribution < -0.4 is 5.32 Å². The summed E-state index contributed by atoms with van der Waals surface area (Å²) in [6.07, 6.45) is 0. The molecule has 0 aromatic rings. The van der Waals surface area contributed by atoms with Gasteiger partial charge in [-0.05, 0) is 6.54 Å². The maximum Gasteiger partial charge on any atom is 0.320 e. The zero-order valence-corrected chi connectivity index (χ0v) is 6.58. The Hall–Kier alpha value is -0.650. The van der Waals surface area contributed by atoms with Crippen molar-refractivity contribution in [2.75, 3.05) is 26.2 Å². The first-order chi connectivity index (χ1) is 5.16. The quantitative estimate of drug-likeness (QED) is 0.358. The molecule has 0 saturated heterocycles. The van der Waals surface area contributed by atoms with E-state index in [0.717, 1.165) is 11.6 Å². The molecule has 0 rings (SSSR count). The predicted octanol–water partition coefficient (Wildman–Crippen LogP) is -0.628. The maximum absolute atomic E-state index is 10.0. The van der Waals surface area contributed by atoms with Crippen molar-refractivity contribution in [2.24, 2.45) is 0 Å². The van der Waals surface area contributed by atoms with Crippen LogP contribution in [0.1, 0.15) is 6.92 Å². The highest BCUT2D eigenvalue weighted by atomic mass is 16.5. The summed E-state index contributed by atoms with van der Waals surface area (Å²) in [6, 6.07) is 0. The highest BCUT2D eigenvalue weighted by molar-refractivity contribution is 5.68. The molecule has 5 heteroatoms. The van der Waals surface area contributed by atoms with Gasteiger partial charge in [-0.3, -0.25) is 4.79 Å². The van der Waals surface area contributed by atoms with Crippen LogP contribution in [0.15, 0.2) is 0 Å². The van der Waals surface area contributed by atoms with Gasteiger partial charge in [0.25, 0.3) is 0 Å². The number of carboxylic acid groups (broad SMARTS) is 1. The molecule has 0 aliphatic heterocycles. The third-order valence-electron chi connectivity index (χ3n) is 1.11. The van der Waals surface area contributed by atoms with Crippen molar-refractivity contribution in [1.82, 2.24) is 10.4 Å². The number of hydrogen-bond donors (Lipinski definition) is 3. The fourth-order valence-electron chi connectivity index (χ4n) is 0.620. The Morgan fingerprint density at radius 3 is 2.73 bits per heavy atom. The average molecular weight is 162 g/mol. The molecule has 0 fully saturated rings. The normalized spacial score (nSPS) is 10.5. The van der Waals surface area contributed by atoms with Crippen LogP contribution in [-0.2, 0) is 4.79 Å². The summed E-state index contributed by atoms with van der Waals surface area (Å²) >= 11 is 0. The van der Waals surface area contributed by atoms with E-state index in [9.17, 15) is 4.79 Å². The number of likely N-dealkylation sites (N-methyl/N-ethyl adjacent to an activating group) is 1. The van der Waals surface area contributed by atoms with Crippen LogP contribution in [0.2, 0.25) is 0 Å². The van der Waals surface area contributed by atoms with E-state index >= 15 is 0 Å². The first-order valence-electron chi connectivity index (χ1n) is 3.53. The van der Waals surface area contributed by atoms with Crippen molar-refractivity contribution in [2.45, 2.75) is 6.92 Å². The largest absolute Gasteiger partial charge is 0.480 e. The highest BCUT2D eigenvalue weighted by Crippen LogP contribution is 1.78. The van der Waals surface area contributed by atoms with E-state index in [2.05, 4.69) is 5.32 Å². The lowest BCUT2D eigenvalue weighted by Crippen LogP contribution is -2.33. The lowest BCUT2D eigenvalue weighted by Gasteiger charge is -2.11. The molecule has 0 aromatic heterocycles. The van der Waals surface area contributed by atoms with Crippen molar-refractivity contribution >= 4 is 5.97 Å². The fraction of sp³-hybridized carbons (Fsp3) is 0.833. The number of rotatable bonds is 6. The van der Waals surface area contributed by atoms with Crippen LogP contribution in [0.5, 0.6) is 0 Å². The molecule has 5 nitrogen and oxygen atoms in total. The monoisotopic (exact) mass is 162 g/mol. The Bertz CT molecular complexity index is 118. The molecular formula is C6H14N2O3. The lowest BCUT2D eigenvalue weighted by atomic mass is 10.5. The molecular weight excluding hydrogens is 148 g/mol. The van der Waals surface area contributed by atoms with Gasteiger partial charge >= 0.3 is 5.97 Å². The number of hydroxylamine groups is 2. The third kappa shape index (κ3) is 7.24. The molecule has 66 valence electrons. The minimum absolute atomic E-state index is 0.328. The number of nitrogens with zero attached hydrogens (tertiary/aromatic N) is 1. The summed E-state index contributed by atoms with van der Waals surface area (Å²) in [5.74, 6) is -1.02. The van der Waals surface area contributed by atoms with E-state index in [0.29, 0.717) is 13.1 Å². The van der Waals surface area contributed by atoms with E-state index in [4.69, 9.17) is 10.3 Å². The van der Waals surface area contributed by atoms with Gasteiger partial charge in [0.2, 0.25) is 0 Å². The van der Waals surface area contributed by atoms with Crippen LogP contribution in [0.25, 0.3) is 0 Å². The van der Waals surface area contributed by atoms with Gasteiger partial charge in [0, 0.05) is 13.1 Å². The maximum atomic E-state index is 10.0. The second-order valence-corrected chi connectivity index (χ2v) is 2.14. The minimum Gasteiger partial charge on any atom is -0.480 e. The van der Waals surface area contributed by atoms with Crippen LogP contribution in [0, 0.1) is 0 Å². The SMILES string of the molecule is CCNCCN(O)CC(=O)O. The summed E-state index contributed by atoms with van der Waals surface area (Å²) in [7, 11) is 0. The van der Waals surface area contributed by atoms with Crippen molar-refractivity contribution in [1.29, 1.82) is 0 Å². The summed E-state index contributed by atoms with van der Waals surface area (Å²) in [4.78, 5) is 10.0. The smallest absolute Gasteiger partial charge is 0.320 e. The second kappa shape index (κ2) is 6.09. The van der Waals surface area contributed by atoms with Crippen LogP contribution in [0.3, 0.4) is 0 Å². The zero-order valence-electron chi connectivity index (χ0n) is 6.58. The number of aliphatic carboxylic acids is 1. The van der Waals surface area contributed by atoms with E-state index in [-0.39, 0.29) is 6.54 Å². The van der Waals surface area contributed by atoms with E-state index in [1.807, 2.05) is 6.92 Å². The van der Waals surface area contributed by atoms with Crippen LogP contribution in [-0.4, -0.2) is 47.5 Å². The highest BCUT2D eigenvalue weighted by Gasteiger charge is 2.03. The Balaban J connectivity index is 3.22. The predicted molar refractivity (Wildman–Crippen MR) is 39.5 cm³/mol. The standard InChI is InChI=1S/C6H14N2O3/c1-2-7-3-4-8(11)5-6(9)10/h7,11H,2-5H2,1H3,(H,9,10). The number of hydrogen-bond acceptors (Lipinski definition) is 4. The molecule has 0 aromatic carbocycles. The molecule has 0 aliphatic carbocycles. The topological polar surface area (TPSA) is 72.8 Å². The molecule has 0 heterocycles. The van der Waals surface area contributed by atoms with Gasteiger partial charge in [-0.25, -0.2) is 0 Å². The fourth-order valence-corrected chi connectivity index (χ4v) is 0.620. The molecule has 0 atom stereocenters. The van der Waals surface area contributed by atoms with Crippen LogP contribution >= 0.6 is 0 Å². The van der Waals surface area contributed by atoms with Crippen molar-refractivity contribution in [3.8, 4) is 0 Å². The van der Waals surface area contributed by atoms with E-state index < -0.39 is 5.97 Å². The number of carboxylic acids is 1. The van der Waals surface area contributed by atoms with Gasteiger partial charge in [0.15, 0.2) is 0 Å². The van der Waals surface area contributed by atoms with E-state index in [1.165, 1.54) is 0 Å². The molecule has 0 aliphatic rings. The van der Waals surface area contributed by atoms with Gasteiger partial charge in [-0.2, -0.15) is 5.06 Å². The number of nitrogens with one attached hydrogen (secondary N) is 1. The Kier molecular flexibility index (Phi) is 5.73. The molecule has 0 spiro atoms. The van der Waals surface area contributed by atoms with Gasteiger partial charge < -0.3 is 15.6 Å². The van der Waals surface area contributed by atoms with Gasteiger partial charge in [-0.1, -0.05) is 6.92 Å². The second-order valence-electron chi connectivity index (χ2n) is 2.14. The Morgan fingerprint density at radius 2 is 2.27 bits per heavy atom. The molecule has 0 radical (unpaired) electrons. The first-order valence-corrected chi connectivity index (χ1v) is 3.53. The van der Waals surface area contributed by atoms with Gasteiger partial charge in [0.1, 0.15) is 6.54 Å². The summed E-state index contributed by atoms with van der Waals surface area (Å²) < 4.78 is 0. The molecule has 11 heavy (non-hydrogen) atoms. The van der Waals surface area contributed by atoms with Crippen molar-refractivity contribution in [3.05, 3.63) is 0 Å². The summed E-state index contributed by atoms with van der Waals surface area (Å²) in [5, 5.41) is 20.8. The Labute approximate surface area is 65.6 Å². The van der Waals surface area contributed by atoms with Gasteiger partial charge in [0.05, 0.1) is 0 Å². The first kappa shape index (κ1) is 10.3. The zero-order chi connectivity index (χ0) is 8.69. The molecule has 0 unspecified atom stereocenters. The van der Waals surface area contributed by atoms with E-state index in [1.54, 1.807) is 0 Å². The molecule has 0 bridgehead atoms. The average Bonchev–Trinajstić information content (AvgIpc) is 1.86. The summed E-state index contributed by atoms with van der Waals surface area (Å²) in [5.41, 5.74) is 0. The van der Waals surface area contributed by atoms with Crippen LogP contribution in [0.4, 0.5) is 0 Å². The Morgan fingerprint density at radius 1 is 1.64 bits per heavy atom. The van der Waals surface area contributed by atoms with Crippen molar-refractivity contribution in [3.63, 3.8) is 0 Å². The number of carbonyl (C=O) groups is 1. The van der Waals surface area contributed by atoms with Crippen molar-refractivity contribution < 1.29 is 15.1 Å². The third-order valence-corrected chi connectivity index (χ3v) is 1.11.